The largest absolute Gasteiger partial charge is 0.339 e. The van der Waals surface area contributed by atoms with Crippen molar-refractivity contribution in [2.24, 2.45) is 0 Å². The lowest BCUT2D eigenvalue weighted by atomic mass is 10.2. The molecule has 0 aliphatic rings. The molecule has 5 rings (SSSR count). The van der Waals surface area contributed by atoms with Crippen LogP contribution in [0.1, 0.15) is 29.1 Å². The summed E-state index contributed by atoms with van der Waals surface area (Å²) in [5.74, 6) is 0.953. The lowest BCUT2D eigenvalue weighted by molar-refractivity contribution is 0.150. The van der Waals surface area contributed by atoms with Crippen LogP contribution in [0.2, 0.25) is 0 Å². The highest BCUT2D eigenvalue weighted by Gasteiger charge is 2.20. The first-order valence-electron chi connectivity index (χ1n) is 10.2. The number of aryl methyl sites for hydroxylation is 2. The fourth-order valence-electron chi connectivity index (χ4n) is 3.55. The second kappa shape index (κ2) is 8.32. The molecule has 9 nitrogen and oxygen atoms in total. The Balaban J connectivity index is 1.55. The van der Waals surface area contributed by atoms with Gasteiger partial charge < -0.3 is 5.32 Å². The van der Waals surface area contributed by atoms with Gasteiger partial charge in [-0.1, -0.05) is 0 Å². The van der Waals surface area contributed by atoms with E-state index in [2.05, 4.69) is 30.6 Å². The van der Waals surface area contributed by atoms with Crippen LogP contribution < -0.4 is 5.32 Å². The first-order valence-corrected chi connectivity index (χ1v) is 10.2. The standard InChI is InChI=1S/C23H17F2N9/c1-13-3-7-20(31-30-13)28-15-4-6-19-18(10-15)27-12-33(19)21-8-5-17(22(24)25)23(29-21)34-14(2)9-16(11-26)32-34/h3-10,12,22H,1-2H3,(H,28,31). The lowest BCUT2D eigenvalue weighted by Crippen LogP contribution is -2.09. The number of aromatic nitrogens is 7. The van der Waals surface area contributed by atoms with Gasteiger partial charge in [0.1, 0.15) is 18.2 Å². The molecule has 1 aromatic carbocycles. The number of nitrogens with zero attached hydrogens (tertiary/aromatic N) is 8. The van der Waals surface area contributed by atoms with Gasteiger partial charge >= 0.3 is 0 Å². The van der Waals surface area contributed by atoms with Crippen molar-refractivity contribution in [3.8, 4) is 17.7 Å². The molecule has 0 radical (unpaired) electrons. The number of fused-ring (bicyclic) bond motifs is 1. The molecule has 0 bridgehead atoms. The number of nitrogens with one attached hydrogen (secondary N) is 1. The Labute approximate surface area is 192 Å². The smallest absolute Gasteiger partial charge is 0.267 e. The number of hydrogen-bond acceptors (Lipinski definition) is 7. The first kappa shape index (κ1) is 21.1. The normalized spacial score (nSPS) is 11.2. The summed E-state index contributed by atoms with van der Waals surface area (Å²) in [6.07, 6.45) is -1.19. The highest BCUT2D eigenvalue weighted by molar-refractivity contribution is 5.82. The number of halogens is 2. The van der Waals surface area contributed by atoms with Crippen molar-refractivity contribution in [3.63, 3.8) is 0 Å². The van der Waals surface area contributed by atoms with Gasteiger partial charge in [-0.05, 0) is 62.4 Å². The van der Waals surface area contributed by atoms with E-state index in [9.17, 15) is 8.78 Å². The molecular weight excluding hydrogens is 440 g/mol. The molecule has 0 spiro atoms. The summed E-state index contributed by atoms with van der Waals surface area (Å²) in [5, 5.41) is 24.5. The highest BCUT2D eigenvalue weighted by atomic mass is 19.3. The van der Waals surface area contributed by atoms with E-state index in [1.54, 1.807) is 17.8 Å². The minimum atomic E-state index is -2.76. The Kier molecular flexibility index (Phi) is 5.18. The Morgan fingerprint density at radius 1 is 1.03 bits per heavy atom. The van der Waals surface area contributed by atoms with Gasteiger partial charge in [0.15, 0.2) is 17.3 Å². The number of alkyl halides is 2. The number of pyridine rings is 1. The van der Waals surface area contributed by atoms with Crippen LogP contribution in [0.3, 0.4) is 0 Å². The Hall–Kier alpha value is -4.72. The predicted molar refractivity (Wildman–Crippen MR) is 120 cm³/mol. The van der Waals surface area contributed by atoms with Gasteiger partial charge in [-0.15, -0.1) is 5.10 Å². The van der Waals surface area contributed by atoms with Crippen LogP contribution in [-0.2, 0) is 0 Å². The molecule has 34 heavy (non-hydrogen) atoms. The summed E-state index contributed by atoms with van der Waals surface area (Å²) in [6.45, 7) is 3.54. The fourth-order valence-corrected chi connectivity index (χ4v) is 3.55. The van der Waals surface area contributed by atoms with Crippen molar-refractivity contribution in [1.29, 1.82) is 5.26 Å². The van der Waals surface area contributed by atoms with Crippen molar-refractivity contribution in [2.75, 3.05) is 5.32 Å². The SMILES string of the molecule is Cc1ccc(Nc2ccc3c(c2)ncn3-c2ccc(C(F)F)c(-n3nc(C#N)cc3C)n2)nn1. The molecule has 0 unspecified atom stereocenters. The van der Waals surface area contributed by atoms with E-state index >= 15 is 0 Å². The molecule has 0 saturated carbocycles. The molecule has 0 fully saturated rings. The summed E-state index contributed by atoms with van der Waals surface area (Å²) in [5.41, 5.74) is 3.36. The highest BCUT2D eigenvalue weighted by Crippen LogP contribution is 2.28. The number of hydrogen-bond donors (Lipinski definition) is 1. The van der Waals surface area contributed by atoms with Gasteiger partial charge in [0.05, 0.1) is 22.3 Å². The predicted octanol–water partition coefficient (Wildman–Crippen LogP) is 4.57. The van der Waals surface area contributed by atoms with Crippen LogP contribution in [0.4, 0.5) is 20.3 Å². The quantitative estimate of drug-likeness (QED) is 0.412. The zero-order valence-electron chi connectivity index (χ0n) is 18.1. The molecule has 11 heteroatoms. The van der Waals surface area contributed by atoms with Crippen LogP contribution in [0.25, 0.3) is 22.7 Å². The van der Waals surface area contributed by atoms with Crippen molar-refractivity contribution >= 4 is 22.5 Å². The van der Waals surface area contributed by atoms with Gasteiger partial charge in [0.2, 0.25) is 0 Å². The van der Waals surface area contributed by atoms with Crippen LogP contribution in [0, 0.1) is 25.2 Å². The van der Waals surface area contributed by atoms with Crippen LogP contribution in [0.5, 0.6) is 0 Å². The zero-order valence-corrected chi connectivity index (χ0v) is 18.1. The van der Waals surface area contributed by atoms with Crippen molar-refractivity contribution in [3.05, 3.63) is 77.5 Å². The molecule has 0 aliphatic heterocycles. The van der Waals surface area contributed by atoms with Gasteiger partial charge in [0.25, 0.3) is 6.43 Å². The zero-order chi connectivity index (χ0) is 23.8. The average molecular weight is 457 g/mol. The lowest BCUT2D eigenvalue weighted by Gasteiger charge is -2.12. The minimum Gasteiger partial charge on any atom is -0.339 e. The number of anilines is 2. The van der Waals surface area contributed by atoms with Gasteiger partial charge in [-0.25, -0.2) is 23.4 Å². The second-order valence-corrected chi connectivity index (χ2v) is 7.58. The van der Waals surface area contributed by atoms with Crippen molar-refractivity contribution in [1.82, 2.24) is 34.5 Å². The number of nitriles is 1. The van der Waals surface area contributed by atoms with E-state index in [1.165, 1.54) is 22.9 Å². The van der Waals surface area contributed by atoms with E-state index in [-0.39, 0.29) is 17.1 Å². The molecule has 0 amide bonds. The van der Waals surface area contributed by atoms with Crippen LogP contribution in [-0.4, -0.2) is 34.5 Å². The minimum absolute atomic E-state index is 0.0374. The maximum atomic E-state index is 13.7. The van der Waals surface area contributed by atoms with Crippen molar-refractivity contribution < 1.29 is 8.78 Å². The summed E-state index contributed by atoms with van der Waals surface area (Å²) >= 11 is 0. The first-order chi connectivity index (χ1) is 16.4. The van der Waals surface area contributed by atoms with Gasteiger partial charge in [-0.2, -0.15) is 15.5 Å². The van der Waals surface area contributed by atoms with Crippen molar-refractivity contribution in [2.45, 2.75) is 20.3 Å². The van der Waals surface area contributed by atoms with E-state index in [4.69, 9.17) is 5.26 Å². The topological polar surface area (TPSA) is 110 Å². The number of imidazole rings is 1. The molecule has 4 heterocycles. The third-order valence-corrected chi connectivity index (χ3v) is 5.19. The molecule has 1 N–H and O–H groups in total. The third-order valence-electron chi connectivity index (χ3n) is 5.19. The molecule has 168 valence electrons. The number of rotatable bonds is 5. The molecule has 0 aliphatic carbocycles. The molecule has 0 atom stereocenters. The molecule has 4 aromatic heterocycles. The molecule has 5 aromatic rings. The Morgan fingerprint density at radius 2 is 1.88 bits per heavy atom. The maximum Gasteiger partial charge on any atom is 0.267 e. The monoisotopic (exact) mass is 457 g/mol. The fraction of sp³-hybridized carbons (Fsp3) is 0.130. The maximum absolute atomic E-state index is 13.7. The summed E-state index contributed by atoms with van der Waals surface area (Å²) in [7, 11) is 0. The van der Waals surface area contributed by atoms with Crippen LogP contribution in [0.15, 0.2) is 54.9 Å². The van der Waals surface area contributed by atoms with Gasteiger partial charge in [0, 0.05) is 11.4 Å². The van der Waals surface area contributed by atoms with E-state index in [0.717, 1.165) is 16.9 Å². The summed E-state index contributed by atoms with van der Waals surface area (Å²) in [6, 6.07) is 15.5. The summed E-state index contributed by atoms with van der Waals surface area (Å²) in [4.78, 5) is 8.90. The number of benzene rings is 1. The Morgan fingerprint density at radius 3 is 2.59 bits per heavy atom. The Bertz CT molecular complexity index is 1550. The van der Waals surface area contributed by atoms with Crippen LogP contribution >= 0.6 is 0 Å². The van der Waals surface area contributed by atoms with E-state index < -0.39 is 6.43 Å². The van der Waals surface area contributed by atoms with E-state index in [1.807, 2.05) is 43.3 Å². The third kappa shape index (κ3) is 3.81. The average Bonchev–Trinajstić information content (AvgIpc) is 3.43. The molecule has 0 saturated heterocycles. The molecular formula is C23H17F2N9. The summed E-state index contributed by atoms with van der Waals surface area (Å²) < 4.78 is 30.4. The van der Waals surface area contributed by atoms with Gasteiger partial charge in [-0.3, -0.25) is 4.57 Å². The second-order valence-electron chi connectivity index (χ2n) is 7.58. The van der Waals surface area contributed by atoms with E-state index in [0.29, 0.717) is 22.8 Å².